The van der Waals surface area contributed by atoms with Crippen LogP contribution in [0.4, 0.5) is 0 Å². The number of nitrogens with one attached hydrogen (secondary N) is 2. The Bertz CT molecular complexity index is 539. The molecule has 0 spiro atoms. The van der Waals surface area contributed by atoms with Crippen molar-refractivity contribution >= 4 is 11.8 Å². The van der Waals surface area contributed by atoms with Gasteiger partial charge in [-0.25, -0.2) is 0 Å². The molecule has 2 rings (SSSR count). The molecule has 2 fully saturated rings. The van der Waals surface area contributed by atoms with E-state index in [0.717, 1.165) is 25.7 Å². The first kappa shape index (κ1) is 24.1. The summed E-state index contributed by atoms with van der Waals surface area (Å²) in [4.78, 5) is 25.4. The van der Waals surface area contributed by atoms with E-state index in [-0.39, 0.29) is 29.1 Å². The summed E-state index contributed by atoms with van der Waals surface area (Å²) >= 11 is 0. The Morgan fingerprint density at radius 1 is 0.724 bits per heavy atom. The van der Waals surface area contributed by atoms with Crippen LogP contribution in [0.1, 0.15) is 99.3 Å². The molecule has 29 heavy (non-hydrogen) atoms. The van der Waals surface area contributed by atoms with E-state index in [0.29, 0.717) is 25.7 Å². The first-order valence-electron chi connectivity index (χ1n) is 11.2. The van der Waals surface area contributed by atoms with Crippen LogP contribution in [-0.4, -0.2) is 45.3 Å². The largest absolute Gasteiger partial charge is 0.388 e. The van der Waals surface area contributed by atoms with Gasteiger partial charge in [0.05, 0.1) is 23.3 Å². The Balaban J connectivity index is 2.04. The SMILES string of the molecule is CC(C)(C)C(NC(=O)CC(=O)NC(C(C)(C)C)C1(O)CCCC1)C1(O)CCCC1. The molecule has 4 N–H and O–H groups in total. The van der Waals surface area contributed by atoms with Crippen molar-refractivity contribution in [2.45, 2.75) is 123 Å². The molecular formula is C23H42N2O4. The van der Waals surface area contributed by atoms with Gasteiger partial charge in [-0.2, -0.15) is 0 Å². The van der Waals surface area contributed by atoms with Crippen molar-refractivity contribution in [2.75, 3.05) is 0 Å². The van der Waals surface area contributed by atoms with Crippen LogP contribution in [0, 0.1) is 10.8 Å². The van der Waals surface area contributed by atoms with Gasteiger partial charge in [0.15, 0.2) is 0 Å². The van der Waals surface area contributed by atoms with Crippen LogP contribution >= 0.6 is 0 Å². The van der Waals surface area contributed by atoms with Gasteiger partial charge < -0.3 is 20.8 Å². The Hall–Kier alpha value is -1.14. The summed E-state index contributed by atoms with van der Waals surface area (Å²) in [6.45, 7) is 12.0. The van der Waals surface area contributed by atoms with Crippen molar-refractivity contribution < 1.29 is 19.8 Å². The third-order valence-corrected chi connectivity index (χ3v) is 6.68. The minimum atomic E-state index is -0.919. The lowest BCUT2D eigenvalue weighted by atomic mass is 9.75. The van der Waals surface area contributed by atoms with Crippen LogP contribution in [-0.2, 0) is 9.59 Å². The Labute approximate surface area is 176 Å². The van der Waals surface area contributed by atoms with Crippen LogP contribution in [0.2, 0.25) is 0 Å². The number of hydrogen-bond acceptors (Lipinski definition) is 4. The maximum Gasteiger partial charge on any atom is 0.229 e. The first-order valence-corrected chi connectivity index (χ1v) is 11.2. The molecule has 2 amide bonds. The molecule has 0 aromatic heterocycles. The van der Waals surface area contributed by atoms with E-state index in [2.05, 4.69) is 10.6 Å². The predicted molar refractivity (Wildman–Crippen MR) is 114 cm³/mol. The number of hydrogen-bond donors (Lipinski definition) is 4. The highest BCUT2D eigenvalue weighted by atomic mass is 16.3. The summed E-state index contributed by atoms with van der Waals surface area (Å²) < 4.78 is 0. The average Bonchev–Trinajstić information content (AvgIpc) is 3.18. The van der Waals surface area contributed by atoms with Gasteiger partial charge in [-0.1, -0.05) is 67.2 Å². The van der Waals surface area contributed by atoms with Crippen molar-refractivity contribution in [1.82, 2.24) is 10.6 Å². The standard InChI is InChI=1S/C23H42N2O4/c1-20(2,3)18(22(28)11-7-8-12-22)24-16(26)15-17(27)25-19(21(4,5)6)23(29)13-9-10-14-23/h18-19,28-29H,7-15H2,1-6H3,(H,24,26)(H,25,27). The van der Waals surface area contributed by atoms with Crippen LogP contribution in [0.5, 0.6) is 0 Å². The molecule has 2 saturated carbocycles. The molecule has 2 unspecified atom stereocenters. The fraction of sp³-hybridized carbons (Fsp3) is 0.913. The topological polar surface area (TPSA) is 98.7 Å². The average molecular weight is 411 g/mol. The maximum atomic E-state index is 12.7. The quantitative estimate of drug-likeness (QED) is 0.506. The fourth-order valence-corrected chi connectivity index (χ4v) is 5.44. The highest BCUT2D eigenvalue weighted by molar-refractivity contribution is 5.97. The Kier molecular flexibility index (Phi) is 7.11. The highest BCUT2D eigenvalue weighted by Gasteiger charge is 2.47. The van der Waals surface area contributed by atoms with E-state index in [9.17, 15) is 19.8 Å². The van der Waals surface area contributed by atoms with E-state index in [1.807, 2.05) is 41.5 Å². The summed E-state index contributed by atoms with van der Waals surface area (Å²) in [5.74, 6) is -0.761. The van der Waals surface area contributed by atoms with Gasteiger partial charge in [-0.05, 0) is 36.5 Å². The summed E-state index contributed by atoms with van der Waals surface area (Å²) in [5, 5.41) is 28.0. The summed E-state index contributed by atoms with van der Waals surface area (Å²) in [6.07, 6.45) is 6.17. The number of carbonyl (C=O) groups excluding carboxylic acids is 2. The predicted octanol–water partition coefficient (Wildman–Crippen LogP) is 3.05. The number of amides is 2. The second-order valence-electron chi connectivity index (χ2n) is 11.5. The van der Waals surface area contributed by atoms with Crippen LogP contribution in [0.25, 0.3) is 0 Å². The molecule has 6 nitrogen and oxygen atoms in total. The summed E-state index contributed by atoms with van der Waals surface area (Å²) in [5.41, 5.74) is -2.48. The molecule has 2 aliphatic rings. The second kappa shape index (κ2) is 8.54. The van der Waals surface area contributed by atoms with E-state index in [4.69, 9.17) is 0 Å². The molecule has 0 bridgehead atoms. The zero-order valence-electron chi connectivity index (χ0n) is 19.2. The minimum absolute atomic E-state index is 0.300. The third kappa shape index (κ3) is 5.94. The number of aliphatic hydroxyl groups is 2. The molecule has 0 aliphatic heterocycles. The molecule has 0 aromatic rings. The second-order valence-corrected chi connectivity index (χ2v) is 11.5. The van der Waals surface area contributed by atoms with Gasteiger partial charge in [0, 0.05) is 0 Å². The van der Waals surface area contributed by atoms with Crippen LogP contribution in [0.15, 0.2) is 0 Å². The van der Waals surface area contributed by atoms with Crippen LogP contribution in [0.3, 0.4) is 0 Å². The minimum Gasteiger partial charge on any atom is -0.388 e. The zero-order valence-corrected chi connectivity index (χ0v) is 19.2. The van der Waals surface area contributed by atoms with E-state index < -0.39 is 23.3 Å². The van der Waals surface area contributed by atoms with Crippen molar-refractivity contribution in [3.63, 3.8) is 0 Å². The third-order valence-electron chi connectivity index (χ3n) is 6.68. The van der Waals surface area contributed by atoms with E-state index >= 15 is 0 Å². The van der Waals surface area contributed by atoms with E-state index in [1.54, 1.807) is 0 Å². The molecule has 2 aliphatic carbocycles. The molecule has 0 radical (unpaired) electrons. The lowest BCUT2D eigenvalue weighted by molar-refractivity contribution is -0.135. The van der Waals surface area contributed by atoms with Gasteiger partial charge in [0.2, 0.25) is 11.8 Å². The number of carbonyl (C=O) groups is 2. The highest BCUT2D eigenvalue weighted by Crippen LogP contribution is 2.40. The van der Waals surface area contributed by atoms with Gasteiger partial charge in [-0.15, -0.1) is 0 Å². The summed E-state index contributed by atoms with van der Waals surface area (Å²) in [7, 11) is 0. The van der Waals surface area contributed by atoms with Crippen LogP contribution < -0.4 is 10.6 Å². The smallest absolute Gasteiger partial charge is 0.229 e. The monoisotopic (exact) mass is 410 g/mol. The van der Waals surface area contributed by atoms with Crippen molar-refractivity contribution in [3.05, 3.63) is 0 Å². The Morgan fingerprint density at radius 2 is 1.00 bits per heavy atom. The zero-order chi connectivity index (χ0) is 22.1. The van der Waals surface area contributed by atoms with Gasteiger partial charge >= 0.3 is 0 Å². The molecule has 0 heterocycles. The molecule has 0 aromatic carbocycles. The molecular weight excluding hydrogens is 368 g/mol. The number of rotatable bonds is 6. The van der Waals surface area contributed by atoms with Crippen molar-refractivity contribution in [2.24, 2.45) is 10.8 Å². The molecule has 168 valence electrons. The lowest BCUT2D eigenvalue weighted by Crippen LogP contribution is -2.60. The van der Waals surface area contributed by atoms with Gasteiger partial charge in [0.25, 0.3) is 0 Å². The van der Waals surface area contributed by atoms with Crippen molar-refractivity contribution in [1.29, 1.82) is 0 Å². The summed E-state index contributed by atoms with van der Waals surface area (Å²) in [6, 6.07) is -0.814. The Morgan fingerprint density at radius 3 is 1.24 bits per heavy atom. The molecule has 0 saturated heterocycles. The molecule has 2 atom stereocenters. The fourth-order valence-electron chi connectivity index (χ4n) is 5.44. The van der Waals surface area contributed by atoms with Gasteiger partial charge in [0.1, 0.15) is 6.42 Å². The normalized spacial score (nSPS) is 23.4. The van der Waals surface area contributed by atoms with E-state index in [1.165, 1.54) is 0 Å². The lowest BCUT2D eigenvalue weighted by Gasteiger charge is -2.42. The van der Waals surface area contributed by atoms with Crippen molar-refractivity contribution in [3.8, 4) is 0 Å². The maximum absolute atomic E-state index is 12.7. The molecule has 6 heteroatoms. The van der Waals surface area contributed by atoms with Gasteiger partial charge in [-0.3, -0.25) is 9.59 Å². The first-order chi connectivity index (χ1) is 13.2.